The molecule has 2 rings (SSSR count). The average Bonchev–Trinajstić information content (AvgIpc) is 2.71. The van der Waals surface area contributed by atoms with E-state index in [1.54, 1.807) is 18.3 Å². The smallest absolute Gasteiger partial charge is 0.271 e. The van der Waals surface area contributed by atoms with Gasteiger partial charge in [0.2, 0.25) is 5.75 Å². The molecule has 1 N–H and O–H groups in total. The first-order valence-electron chi connectivity index (χ1n) is 9.72. The highest BCUT2D eigenvalue weighted by Crippen LogP contribution is 2.39. The molecule has 0 bridgehead atoms. The van der Waals surface area contributed by atoms with Gasteiger partial charge in [0.05, 0.1) is 26.0 Å². The number of nitrogens with one attached hydrogen (secondary N) is 1. The van der Waals surface area contributed by atoms with Gasteiger partial charge >= 0.3 is 0 Å². The van der Waals surface area contributed by atoms with Crippen molar-refractivity contribution in [1.29, 1.82) is 0 Å². The van der Waals surface area contributed by atoms with Gasteiger partial charge in [0.25, 0.3) is 5.91 Å². The van der Waals surface area contributed by atoms with Crippen LogP contribution in [-0.4, -0.2) is 31.9 Å². The van der Waals surface area contributed by atoms with Crippen LogP contribution in [0.15, 0.2) is 53.1 Å². The summed E-state index contributed by atoms with van der Waals surface area (Å²) in [6.07, 6.45) is 3.58. The van der Waals surface area contributed by atoms with Crippen LogP contribution in [0.5, 0.6) is 17.2 Å². The molecule has 29 heavy (non-hydrogen) atoms. The minimum atomic E-state index is -0.362. The highest BCUT2D eigenvalue weighted by atomic mass is 16.5. The van der Waals surface area contributed by atoms with E-state index in [4.69, 9.17) is 14.2 Å². The SMILES string of the molecule is CCOc1cc(C(=O)N/N=C/C(C)=C/c2ccccc2)cc(OCC)c1OCC. The lowest BCUT2D eigenvalue weighted by atomic mass is 10.1. The molecular weight excluding hydrogens is 368 g/mol. The van der Waals surface area contributed by atoms with Gasteiger partial charge in [-0.1, -0.05) is 36.4 Å². The summed E-state index contributed by atoms with van der Waals surface area (Å²) in [5.74, 6) is 1.07. The molecule has 2 aromatic carbocycles. The van der Waals surface area contributed by atoms with Crippen LogP contribution in [0.25, 0.3) is 6.08 Å². The van der Waals surface area contributed by atoms with Gasteiger partial charge in [-0.25, -0.2) is 5.43 Å². The Morgan fingerprint density at radius 3 is 2.10 bits per heavy atom. The Morgan fingerprint density at radius 1 is 0.966 bits per heavy atom. The van der Waals surface area contributed by atoms with E-state index in [1.807, 2.05) is 64.1 Å². The van der Waals surface area contributed by atoms with Crippen LogP contribution in [0.2, 0.25) is 0 Å². The Morgan fingerprint density at radius 2 is 1.55 bits per heavy atom. The third-order valence-electron chi connectivity index (χ3n) is 3.80. The van der Waals surface area contributed by atoms with Gasteiger partial charge in [0.1, 0.15) is 0 Å². The Hall–Kier alpha value is -3.28. The summed E-state index contributed by atoms with van der Waals surface area (Å²) < 4.78 is 16.9. The molecule has 0 unspecified atom stereocenters. The molecule has 2 aromatic rings. The van der Waals surface area contributed by atoms with Gasteiger partial charge in [-0.15, -0.1) is 0 Å². The second kappa shape index (κ2) is 11.5. The molecule has 0 aliphatic heterocycles. The number of allylic oxidation sites excluding steroid dienone is 1. The molecule has 0 saturated carbocycles. The van der Waals surface area contributed by atoms with Gasteiger partial charge in [0.15, 0.2) is 11.5 Å². The number of rotatable bonds is 10. The maximum Gasteiger partial charge on any atom is 0.271 e. The van der Waals surface area contributed by atoms with Crippen molar-refractivity contribution < 1.29 is 19.0 Å². The zero-order chi connectivity index (χ0) is 21.1. The van der Waals surface area contributed by atoms with E-state index in [0.29, 0.717) is 42.6 Å². The number of hydrazone groups is 1. The zero-order valence-corrected chi connectivity index (χ0v) is 17.4. The highest BCUT2D eigenvalue weighted by Gasteiger charge is 2.18. The fraction of sp³-hybridized carbons (Fsp3) is 0.304. The topological polar surface area (TPSA) is 69.2 Å². The van der Waals surface area contributed by atoms with Crippen molar-refractivity contribution in [3.8, 4) is 17.2 Å². The van der Waals surface area contributed by atoms with Crippen LogP contribution in [0.3, 0.4) is 0 Å². The number of carbonyl (C=O) groups excluding carboxylic acids is 1. The predicted octanol–water partition coefficient (Wildman–Crippen LogP) is 4.70. The maximum absolute atomic E-state index is 12.6. The van der Waals surface area contributed by atoms with Crippen LogP contribution in [0.4, 0.5) is 0 Å². The fourth-order valence-electron chi connectivity index (χ4n) is 2.63. The van der Waals surface area contributed by atoms with E-state index in [1.165, 1.54) is 0 Å². The number of nitrogens with zero attached hydrogens (tertiary/aromatic N) is 1. The Balaban J connectivity index is 2.17. The second-order valence-electron chi connectivity index (χ2n) is 6.10. The number of hydrogen-bond acceptors (Lipinski definition) is 5. The summed E-state index contributed by atoms with van der Waals surface area (Å²) in [5, 5.41) is 4.05. The molecule has 0 aromatic heterocycles. The first-order chi connectivity index (χ1) is 14.1. The molecule has 0 spiro atoms. The van der Waals surface area contributed by atoms with Gasteiger partial charge < -0.3 is 14.2 Å². The molecule has 0 aliphatic carbocycles. The minimum absolute atomic E-state index is 0.362. The standard InChI is InChI=1S/C23H28N2O4/c1-5-27-20-14-19(15-21(28-6-2)22(20)29-7-3)23(26)25-24-16-17(4)13-18-11-9-8-10-12-18/h8-16H,5-7H2,1-4H3,(H,25,26)/b17-13+,24-16+. The number of amides is 1. The molecule has 1 amide bonds. The lowest BCUT2D eigenvalue weighted by molar-refractivity contribution is 0.0954. The van der Waals surface area contributed by atoms with Crippen molar-refractivity contribution in [3.63, 3.8) is 0 Å². The predicted molar refractivity (Wildman–Crippen MR) is 116 cm³/mol. The van der Waals surface area contributed by atoms with Crippen molar-refractivity contribution in [2.24, 2.45) is 5.10 Å². The van der Waals surface area contributed by atoms with E-state index >= 15 is 0 Å². The third-order valence-corrected chi connectivity index (χ3v) is 3.80. The Kier molecular flexibility index (Phi) is 8.76. The van der Waals surface area contributed by atoms with E-state index in [-0.39, 0.29) is 5.91 Å². The molecule has 6 nitrogen and oxygen atoms in total. The molecule has 0 saturated heterocycles. The van der Waals surface area contributed by atoms with Crippen molar-refractivity contribution in [1.82, 2.24) is 5.43 Å². The lowest BCUT2D eigenvalue weighted by Crippen LogP contribution is -2.18. The van der Waals surface area contributed by atoms with Crippen LogP contribution in [0, 0.1) is 0 Å². The van der Waals surface area contributed by atoms with Crippen molar-refractivity contribution >= 4 is 18.2 Å². The maximum atomic E-state index is 12.6. The monoisotopic (exact) mass is 396 g/mol. The first kappa shape index (κ1) is 22.0. The molecule has 0 aliphatic rings. The van der Waals surface area contributed by atoms with E-state index in [0.717, 1.165) is 11.1 Å². The quantitative estimate of drug-likeness (QED) is 0.467. The molecule has 0 fully saturated rings. The van der Waals surface area contributed by atoms with Crippen LogP contribution in [0.1, 0.15) is 43.6 Å². The highest BCUT2D eigenvalue weighted by molar-refractivity contribution is 5.96. The largest absolute Gasteiger partial charge is 0.490 e. The lowest BCUT2D eigenvalue weighted by Gasteiger charge is -2.16. The fourth-order valence-corrected chi connectivity index (χ4v) is 2.63. The van der Waals surface area contributed by atoms with Gasteiger partial charge in [-0.2, -0.15) is 5.10 Å². The molecule has 0 atom stereocenters. The summed E-state index contributed by atoms with van der Waals surface area (Å²) in [5.41, 5.74) is 4.90. The van der Waals surface area contributed by atoms with Crippen molar-refractivity contribution in [2.45, 2.75) is 27.7 Å². The van der Waals surface area contributed by atoms with E-state index in [2.05, 4.69) is 10.5 Å². The Labute approximate surface area is 172 Å². The number of hydrogen-bond donors (Lipinski definition) is 1. The third kappa shape index (κ3) is 6.68. The van der Waals surface area contributed by atoms with E-state index in [9.17, 15) is 4.79 Å². The second-order valence-corrected chi connectivity index (χ2v) is 6.10. The molecule has 0 radical (unpaired) electrons. The molecule has 154 valence electrons. The number of benzene rings is 2. The van der Waals surface area contributed by atoms with Crippen LogP contribution in [-0.2, 0) is 0 Å². The summed E-state index contributed by atoms with van der Waals surface area (Å²) >= 11 is 0. The van der Waals surface area contributed by atoms with Gasteiger partial charge in [-0.3, -0.25) is 4.79 Å². The summed E-state index contributed by atoms with van der Waals surface area (Å²) in [7, 11) is 0. The number of carbonyl (C=O) groups is 1. The number of ether oxygens (including phenoxy) is 3. The van der Waals surface area contributed by atoms with Gasteiger partial charge in [-0.05, 0) is 51.0 Å². The van der Waals surface area contributed by atoms with Crippen molar-refractivity contribution in [2.75, 3.05) is 19.8 Å². The van der Waals surface area contributed by atoms with Crippen molar-refractivity contribution in [3.05, 3.63) is 59.2 Å². The Bertz CT molecular complexity index is 833. The van der Waals surface area contributed by atoms with Crippen LogP contribution >= 0.6 is 0 Å². The minimum Gasteiger partial charge on any atom is -0.490 e. The van der Waals surface area contributed by atoms with Crippen LogP contribution < -0.4 is 19.6 Å². The zero-order valence-electron chi connectivity index (χ0n) is 17.4. The first-order valence-corrected chi connectivity index (χ1v) is 9.72. The molecular formula is C23H28N2O4. The normalized spacial score (nSPS) is 11.4. The summed E-state index contributed by atoms with van der Waals surface area (Å²) in [6.45, 7) is 8.88. The van der Waals surface area contributed by atoms with Gasteiger partial charge in [0, 0.05) is 5.56 Å². The summed E-state index contributed by atoms with van der Waals surface area (Å²) in [4.78, 5) is 12.6. The average molecular weight is 396 g/mol. The molecule has 6 heteroatoms. The van der Waals surface area contributed by atoms with E-state index < -0.39 is 0 Å². The summed E-state index contributed by atoms with van der Waals surface area (Å²) in [6, 6.07) is 13.2. The molecule has 0 heterocycles.